The molecule has 4 nitrogen and oxygen atoms in total. The number of carbonyl (C=O) groups excluding carboxylic acids is 1. The second-order valence-corrected chi connectivity index (χ2v) is 9.53. The van der Waals surface area contributed by atoms with Crippen molar-refractivity contribution in [3.8, 4) is 11.3 Å². The minimum atomic E-state index is 0.197. The molecule has 0 unspecified atom stereocenters. The first-order valence-electron chi connectivity index (χ1n) is 10.5. The number of aromatic amines is 1. The van der Waals surface area contributed by atoms with Crippen LogP contribution in [0, 0.1) is 19.8 Å². The van der Waals surface area contributed by atoms with Crippen LogP contribution in [0.25, 0.3) is 21.5 Å². The number of fused-ring (bicyclic) bond motifs is 1. The SMILES string of the molecule is Cc1cc(C)cc(-c2[nH]c3sccc3c2CCN2CCC(C(=O)N(C)C)CC2)c1. The fraction of sp³-hybridized carbons (Fsp3) is 0.458. The van der Waals surface area contributed by atoms with Crippen molar-refractivity contribution in [1.82, 2.24) is 14.8 Å². The molecule has 0 saturated carbocycles. The Labute approximate surface area is 177 Å². The van der Waals surface area contributed by atoms with E-state index in [-0.39, 0.29) is 11.8 Å². The maximum atomic E-state index is 12.2. The predicted molar refractivity (Wildman–Crippen MR) is 123 cm³/mol. The van der Waals surface area contributed by atoms with Gasteiger partial charge < -0.3 is 14.8 Å². The van der Waals surface area contributed by atoms with Gasteiger partial charge in [-0.25, -0.2) is 0 Å². The lowest BCUT2D eigenvalue weighted by atomic mass is 9.95. The molecule has 2 aromatic heterocycles. The standard InChI is InChI=1S/C24H31N3OS/c1-16-13-17(2)15-19(14-16)22-20(21-8-12-29-23(21)25-22)7-11-27-9-5-18(6-10-27)24(28)26(3)4/h8,12-15,18,25H,5-7,9-11H2,1-4H3. The molecule has 1 aromatic carbocycles. The maximum absolute atomic E-state index is 12.2. The van der Waals surface area contributed by atoms with Gasteiger partial charge >= 0.3 is 0 Å². The molecule has 1 amide bonds. The highest BCUT2D eigenvalue weighted by Gasteiger charge is 2.26. The van der Waals surface area contributed by atoms with E-state index in [9.17, 15) is 4.79 Å². The van der Waals surface area contributed by atoms with Gasteiger partial charge in [-0.15, -0.1) is 11.3 Å². The number of likely N-dealkylation sites (tertiary alicyclic amines) is 1. The van der Waals surface area contributed by atoms with Crippen LogP contribution in [0.1, 0.15) is 29.5 Å². The van der Waals surface area contributed by atoms with Crippen LogP contribution >= 0.6 is 11.3 Å². The average Bonchev–Trinajstić information content (AvgIpc) is 3.27. The van der Waals surface area contributed by atoms with Crippen LogP contribution in [0.15, 0.2) is 29.6 Å². The minimum Gasteiger partial charge on any atom is -0.349 e. The van der Waals surface area contributed by atoms with Crippen molar-refractivity contribution in [2.24, 2.45) is 5.92 Å². The zero-order chi connectivity index (χ0) is 20.5. The summed E-state index contributed by atoms with van der Waals surface area (Å²) in [5.74, 6) is 0.482. The lowest BCUT2D eigenvalue weighted by Crippen LogP contribution is -2.40. The number of hydrogen-bond donors (Lipinski definition) is 1. The van der Waals surface area contributed by atoms with E-state index in [1.54, 1.807) is 16.2 Å². The summed E-state index contributed by atoms with van der Waals surface area (Å²) in [7, 11) is 3.72. The number of H-pyrrole nitrogens is 1. The number of nitrogens with one attached hydrogen (secondary N) is 1. The van der Waals surface area contributed by atoms with Crippen LogP contribution in [0.4, 0.5) is 0 Å². The van der Waals surface area contributed by atoms with Gasteiger partial charge in [-0.3, -0.25) is 4.79 Å². The molecule has 0 radical (unpaired) electrons. The van der Waals surface area contributed by atoms with Gasteiger partial charge in [0.25, 0.3) is 0 Å². The Balaban J connectivity index is 1.50. The Morgan fingerprint density at radius 1 is 1.17 bits per heavy atom. The first-order chi connectivity index (χ1) is 13.9. The van der Waals surface area contributed by atoms with Gasteiger partial charge in [0.05, 0.1) is 5.69 Å². The Bertz CT molecular complexity index is 988. The van der Waals surface area contributed by atoms with Gasteiger partial charge in [-0.2, -0.15) is 0 Å². The van der Waals surface area contributed by atoms with Crippen LogP contribution in [-0.2, 0) is 11.2 Å². The number of thiophene rings is 1. The molecule has 5 heteroatoms. The van der Waals surface area contributed by atoms with Crippen molar-refractivity contribution < 1.29 is 4.79 Å². The average molecular weight is 410 g/mol. The Morgan fingerprint density at radius 2 is 1.86 bits per heavy atom. The van der Waals surface area contributed by atoms with Gasteiger partial charge in [0.15, 0.2) is 0 Å². The Kier molecular flexibility index (Phi) is 5.79. The third-order valence-electron chi connectivity index (χ3n) is 6.10. The van der Waals surface area contributed by atoms with E-state index >= 15 is 0 Å². The molecule has 1 fully saturated rings. The first-order valence-corrected chi connectivity index (χ1v) is 11.4. The summed E-state index contributed by atoms with van der Waals surface area (Å²) >= 11 is 1.78. The summed E-state index contributed by atoms with van der Waals surface area (Å²) in [4.78, 5) is 21.4. The van der Waals surface area contributed by atoms with Gasteiger partial charge in [-0.1, -0.05) is 17.2 Å². The number of aryl methyl sites for hydroxylation is 2. The van der Waals surface area contributed by atoms with E-state index in [1.165, 1.54) is 38.2 Å². The fourth-order valence-corrected chi connectivity index (χ4v) is 5.45. The summed E-state index contributed by atoms with van der Waals surface area (Å²) in [6.07, 6.45) is 2.98. The molecule has 154 valence electrons. The van der Waals surface area contributed by atoms with Gasteiger partial charge in [0.2, 0.25) is 5.91 Å². The minimum absolute atomic E-state index is 0.197. The summed E-state index contributed by atoms with van der Waals surface area (Å²) in [6.45, 7) is 7.41. The van der Waals surface area contributed by atoms with E-state index < -0.39 is 0 Å². The molecule has 0 aliphatic carbocycles. The summed E-state index contributed by atoms with van der Waals surface area (Å²) in [5.41, 5.74) is 6.60. The maximum Gasteiger partial charge on any atom is 0.225 e. The smallest absolute Gasteiger partial charge is 0.225 e. The molecular formula is C24H31N3OS. The van der Waals surface area contributed by atoms with E-state index in [2.05, 4.69) is 53.4 Å². The largest absolute Gasteiger partial charge is 0.349 e. The first kappa shape index (κ1) is 20.2. The highest BCUT2D eigenvalue weighted by atomic mass is 32.1. The van der Waals surface area contributed by atoms with Crippen LogP contribution in [0.3, 0.4) is 0 Å². The van der Waals surface area contributed by atoms with Crippen molar-refractivity contribution in [3.05, 3.63) is 46.3 Å². The molecule has 3 aromatic rings. The third kappa shape index (κ3) is 4.26. The number of benzene rings is 1. The zero-order valence-corrected chi connectivity index (χ0v) is 18.7. The second-order valence-electron chi connectivity index (χ2n) is 8.62. The fourth-order valence-electron chi connectivity index (χ4n) is 4.63. The lowest BCUT2D eigenvalue weighted by Gasteiger charge is -2.32. The number of carbonyl (C=O) groups is 1. The number of amides is 1. The Hall–Kier alpha value is -2.11. The number of nitrogens with zero attached hydrogens (tertiary/aromatic N) is 2. The lowest BCUT2D eigenvalue weighted by molar-refractivity contribution is -0.134. The van der Waals surface area contributed by atoms with Gasteiger partial charge in [-0.05, 0) is 80.9 Å². The van der Waals surface area contributed by atoms with Crippen molar-refractivity contribution in [2.45, 2.75) is 33.1 Å². The zero-order valence-electron chi connectivity index (χ0n) is 17.9. The summed E-state index contributed by atoms with van der Waals surface area (Å²) in [5, 5.41) is 3.54. The number of piperidine rings is 1. The van der Waals surface area contributed by atoms with Crippen LogP contribution < -0.4 is 0 Å². The number of hydrogen-bond acceptors (Lipinski definition) is 3. The monoisotopic (exact) mass is 409 g/mol. The van der Waals surface area contributed by atoms with Gasteiger partial charge in [0.1, 0.15) is 4.83 Å². The Morgan fingerprint density at radius 3 is 2.52 bits per heavy atom. The molecule has 0 atom stereocenters. The molecule has 29 heavy (non-hydrogen) atoms. The van der Waals surface area contributed by atoms with Crippen molar-refractivity contribution in [1.29, 1.82) is 0 Å². The number of rotatable bonds is 5. The molecule has 0 spiro atoms. The van der Waals surface area contributed by atoms with Crippen molar-refractivity contribution in [2.75, 3.05) is 33.7 Å². The summed E-state index contributed by atoms with van der Waals surface area (Å²) in [6, 6.07) is 9.04. The highest BCUT2D eigenvalue weighted by Crippen LogP contribution is 2.34. The topological polar surface area (TPSA) is 39.3 Å². The molecule has 4 rings (SSSR count). The summed E-state index contributed by atoms with van der Waals surface area (Å²) < 4.78 is 0. The van der Waals surface area contributed by atoms with E-state index in [0.717, 1.165) is 38.9 Å². The van der Waals surface area contributed by atoms with Crippen LogP contribution in [0.5, 0.6) is 0 Å². The highest BCUT2D eigenvalue weighted by molar-refractivity contribution is 7.16. The third-order valence-corrected chi connectivity index (χ3v) is 6.93. The predicted octanol–water partition coefficient (Wildman–Crippen LogP) is 4.86. The van der Waals surface area contributed by atoms with E-state index in [4.69, 9.17) is 0 Å². The molecule has 1 aliphatic rings. The van der Waals surface area contributed by atoms with E-state index in [0.29, 0.717) is 0 Å². The molecule has 1 saturated heterocycles. The molecule has 1 N–H and O–H groups in total. The van der Waals surface area contributed by atoms with Crippen molar-refractivity contribution >= 4 is 27.5 Å². The van der Waals surface area contributed by atoms with Gasteiger partial charge in [0, 0.05) is 31.9 Å². The van der Waals surface area contributed by atoms with E-state index in [1.807, 2.05) is 14.1 Å². The van der Waals surface area contributed by atoms with Crippen molar-refractivity contribution in [3.63, 3.8) is 0 Å². The molecule has 1 aliphatic heterocycles. The van der Waals surface area contributed by atoms with Crippen LogP contribution in [-0.4, -0.2) is 54.4 Å². The number of aromatic nitrogens is 1. The molecule has 3 heterocycles. The normalized spacial score (nSPS) is 15.9. The molecular weight excluding hydrogens is 378 g/mol. The quantitative estimate of drug-likeness (QED) is 0.654. The molecule has 0 bridgehead atoms. The second kappa shape index (κ2) is 8.33. The van der Waals surface area contributed by atoms with Crippen LogP contribution in [0.2, 0.25) is 0 Å².